The maximum Gasteiger partial charge on any atom is 0.345 e. The molecule has 1 aliphatic rings. The number of benzene rings is 2. The highest BCUT2D eigenvalue weighted by molar-refractivity contribution is 7.92. The molecule has 0 aromatic heterocycles. The lowest BCUT2D eigenvalue weighted by Gasteiger charge is -2.41. The average Bonchev–Trinajstić information content (AvgIpc) is 2.77. The van der Waals surface area contributed by atoms with Gasteiger partial charge in [0.2, 0.25) is 27.0 Å². The topological polar surface area (TPSA) is 153 Å². The number of amides is 2. The molecule has 3 rings (SSSR count). The fraction of sp³-hybridized carbons (Fsp3) is 0.250. The van der Waals surface area contributed by atoms with Crippen molar-refractivity contribution in [3.05, 3.63) is 70.3 Å². The normalized spacial score (nSPS) is 16.6. The monoisotopic (exact) mass is 461 g/mol. The van der Waals surface area contributed by atoms with Gasteiger partial charge in [-0.2, -0.15) is 0 Å². The number of ether oxygens (including phenoxy) is 1. The summed E-state index contributed by atoms with van der Waals surface area (Å²) in [6, 6.07) is 11.4. The number of rotatable bonds is 8. The number of nitro groups is 1. The summed E-state index contributed by atoms with van der Waals surface area (Å²) in [5, 5.41) is 11.2. The summed E-state index contributed by atoms with van der Waals surface area (Å²) in [6.45, 7) is 0.684. The number of β-lactam (4-membered cyclic amide) rings is 1. The van der Waals surface area contributed by atoms with E-state index in [1.165, 1.54) is 55.5 Å². The van der Waals surface area contributed by atoms with Crippen molar-refractivity contribution in [2.75, 3.05) is 6.54 Å². The number of carbonyl (C=O) groups excluding carboxylic acids is 3. The first-order valence-electron chi connectivity index (χ1n) is 9.37. The third-order valence-corrected chi connectivity index (χ3v) is 6.68. The molecule has 1 fully saturated rings. The fourth-order valence-corrected chi connectivity index (χ4v) is 4.76. The predicted octanol–water partition coefficient (Wildman–Crippen LogP) is 0.785. The third-order valence-electron chi connectivity index (χ3n) is 4.72. The van der Waals surface area contributed by atoms with Crippen molar-refractivity contribution in [2.45, 2.75) is 29.8 Å². The molecular weight excluding hydrogens is 442 g/mol. The van der Waals surface area contributed by atoms with E-state index in [4.69, 9.17) is 4.74 Å². The van der Waals surface area contributed by atoms with Gasteiger partial charge in [0.05, 0.1) is 16.4 Å². The first kappa shape index (κ1) is 22.9. The van der Waals surface area contributed by atoms with Crippen molar-refractivity contribution in [3.63, 3.8) is 0 Å². The van der Waals surface area contributed by atoms with Crippen LogP contribution in [-0.4, -0.2) is 54.0 Å². The highest BCUT2D eigenvalue weighted by atomic mass is 32.2. The molecule has 0 radical (unpaired) electrons. The van der Waals surface area contributed by atoms with Crippen molar-refractivity contribution in [3.8, 4) is 0 Å². The van der Waals surface area contributed by atoms with Gasteiger partial charge < -0.3 is 15.0 Å². The summed E-state index contributed by atoms with van der Waals surface area (Å²) in [5.41, 5.74) is 0.241. The summed E-state index contributed by atoms with van der Waals surface area (Å²) in [4.78, 5) is 47.3. The van der Waals surface area contributed by atoms with Gasteiger partial charge in [0.1, 0.15) is 12.6 Å². The molecule has 12 heteroatoms. The molecule has 1 heterocycles. The van der Waals surface area contributed by atoms with Gasteiger partial charge in [0.25, 0.3) is 5.69 Å². The Balaban J connectivity index is 1.82. The largest absolute Gasteiger partial charge is 0.458 e. The maximum atomic E-state index is 13.2. The number of likely N-dealkylation sites (tertiary alicyclic amines) is 1. The van der Waals surface area contributed by atoms with E-state index in [2.05, 4.69) is 5.32 Å². The van der Waals surface area contributed by atoms with Gasteiger partial charge in [-0.15, -0.1) is 0 Å². The Morgan fingerprint density at radius 1 is 1.19 bits per heavy atom. The Labute approximate surface area is 183 Å². The molecule has 1 unspecified atom stereocenters. The summed E-state index contributed by atoms with van der Waals surface area (Å²) in [7, 11) is -4.34. The zero-order chi connectivity index (χ0) is 23.5. The van der Waals surface area contributed by atoms with Crippen molar-refractivity contribution in [1.29, 1.82) is 0 Å². The smallest absolute Gasteiger partial charge is 0.345 e. The number of nitrogens with one attached hydrogen (secondary N) is 1. The second-order valence-corrected chi connectivity index (χ2v) is 8.99. The zero-order valence-electron chi connectivity index (χ0n) is 16.8. The van der Waals surface area contributed by atoms with Gasteiger partial charge in [0.15, 0.2) is 0 Å². The van der Waals surface area contributed by atoms with Gasteiger partial charge in [-0.25, -0.2) is 13.2 Å². The van der Waals surface area contributed by atoms with Crippen molar-refractivity contribution in [2.24, 2.45) is 0 Å². The molecule has 1 N–H and O–H groups in total. The minimum Gasteiger partial charge on any atom is -0.458 e. The van der Waals surface area contributed by atoms with Crippen LogP contribution in [0.2, 0.25) is 0 Å². The van der Waals surface area contributed by atoms with Crippen LogP contribution in [0.15, 0.2) is 59.5 Å². The Morgan fingerprint density at radius 2 is 1.81 bits per heavy atom. The standard InChI is InChI=1S/C20H19N3O8S/c1-13(24)21-17-11-22(18(17)25)19(32(29,30)16-5-3-2-4-6-16)20(26)31-12-14-7-9-15(10-8-14)23(27)28/h2-10,17,19H,11-12H2,1H3,(H,21,24)/t17-,19?/m0/s1. The van der Waals surface area contributed by atoms with Crippen LogP contribution in [0.25, 0.3) is 0 Å². The van der Waals surface area contributed by atoms with Crippen LogP contribution in [0.1, 0.15) is 12.5 Å². The van der Waals surface area contributed by atoms with E-state index in [1.54, 1.807) is 6.07 Å². The number of hydrogen-bond donors (Lipinski definition) is 1. The van der Waals surface area contributed by atoms with E-state index >= 15 is 0 Å². The number of esters is 1. The second-order valence-electron chi connectivity index (χ2n) is 6.99. The zero-order valence-corrected chi connectivity index (χ0v) is 17.7. The third kappa shape index (κ3) is 4.75. The van der Waals surface area contributed by atoms with Gasteiger partial charge >= 0.3 is 5.97 Å². The molecule has 2 aromatic rings. The molecule has 1 aliphatic heterocycles. The Hall–Kier alpha value is -3.80. The lowest BCUT2D eigenvalue weighted by molar-refractivity contribution is -0.384. The van der Waals surface area contributed by atoms with Crippen LogP contribution in [0.3, 0.4) is 0 Å². The average molecular weight is 461 g/mol. The molecular formula is C20H19N3O8S. The van der Waals surface area contributed by atoms with E-state index in [1.807, 2.05) is 0 Å². The number of hydrogen-bond acceptors (Lipinski definition) is 8. The van der Waals surface area contributed by atoms with E-state index in [0.717, 1.165) is 4.90 Å². The lowest BCUT2D eigenvalue weighted by atomic mass is 10.1. The van der Waals surface area contributed by atoms with E-state index in [-0.39, 0.29) is 23.7 Å². The Morgan fingerprint density at radius 3 is 2.34 bits per heavy atom. The first-order valence-corrected chi connectivity index (χ1v) is 10.9. The predicted molar refractivity (Wildman–Crippen MR) is 110 cm³/mol. The summed E-state index contributed by atoms with van der Waals surface area (Å²) < 4.78 is 31.5. The lowest BCUT2D eigenvalue weighted by Crippen LogP contribution is -2.69. The van der Waals surface area contributed by atoms with Crippen LogP contribution in [0, 0.1) is 10.1 Å². The van der Waals surface area contributed by atoms with Gasteiger partial charge in [0, 0.05) is 19.1 Å². The number of nitrogens with zero attached hydrogens (tertiary/aromatic N) is 2. The van der Waals surface area contributed by atoms with Crippen LogP contribution < -0.4 is 5.32 Å². The van der Waals surface area contributed by atoms with Gasteiger partial charge in [-0.1, -0.05) is 18.2 Å². The minimum atomic E-state index is -4.34. The van der Waals surface area contributed by atoms with Gasteiger partial charge in [-0.05, 0) is 29.8 Å². The quantitative estimate of drug-likeness (QED) is 0.262. The van der Waals surface area contributed by atoms with Crippen molar-refractivity contribution >= 4 is 33.3 Å². The van der Waals surface area contributed by atoms with E-state index in [0.29, 0.717) is 5.56 Å². The Kier molecular flexibility index (Phi) is 6.53. The van der Waals surface area contributed by atoms with Crippen LogP contribution in [-0.2, 0) is 35.6 Å². The highest BCUT2D eigenvalue weighted by Gasteiger charge is 2.50. The second kappa shape index (κ2) is 9.14. The number of non-ortho nitro benzene ring substituents is 1. The van der Waals surface area contributed by atoms with Crippen molar-refractivity contribution < 1.29 is 32.5 Å². The molecule has 2 atom stereocenters. The molecule has 0 saturated carbocycles. The molecule has 0 bridgehead atoms. The highest BCUT2D eigenvalue weighted by Crippen LogP contribution is 2.26. The molecule has 0 spiro atoms. The van der Waals surface area contributed by atoms with E-state index in [9.17, 15) is 32.9 Å². The number of carbonyl (C=O) groups is 3. The SMILES string of the molecule is CC(=O)N[C@H]1CN(C(C(=O)OCc2ccc([N+](=O)[O-])cc2)S(=O)(=O)c2ccccc2)C1=O. The molecule has 2 amide bonds. The molecule has 32 heavy (non-hydrogen) atoms. The van der Waals surface area contributed by atoms with Crippen LogP contribution >= 0.6 is 0 Å². The minimum absolute atomic E-state index is 0.153. The number of sulfone groups is 1. The molecule has 2 aromatic carbocycles. The molecule has 0 aliphatic carbocycles. The Bertz CT molecular complexity index is 1150. The summed E-state index contributed by atoms with van der Waals surface area (Å²) in [5.74, 6) is -2.37. The van der Waals surface area contributed by atoms with Gasteiger partial charge in [-0.3, -0.25) is 19.7 Å². The number of nitro benzene ring substituents is 1. The van der Waals surface area contributed by atoms with Crippen LogP contribution in [0.4, 0.5) is 5.69 Å². The summed E-state index contributed by atoms with van der Waals surface area (Å²) in [6.07, 6.45) is 0. The summed E-state index contributed by atoms with van der Waals surface area (Å²) >= 11 is 0. The first-order chi connectivity index (χ1) is 15.1. The maximum absolute atomic E-state index is 13.2. The molecule has 11 nitrogen and oxygen atoms in total. The van der Waals surface area contributed by atoms with Crippen molar-refractivity contribution in [1.82, 2.24) is 10.2 Å². The van der Waals surface area contributed by atoms with E-state index < -0.39 is 44.0 Å². The van der Waals surface area contributed by atoms with Crippen LogP contribution in [0.5, 0.6) is 0 Å². The molecule has 1 saturated heterocycles. The molecule has 168 valence electrons. The fourth-order valence-electron chi connectivity index (χ4n) is 3.12.